The predicted molar refractivity (Wildman–Crippen MR) is 136 cm³/mol. The molecule has 1 fully saturated rings. The van der Waals surface area contributed by atoms with Gasteiger partial charge < -0.3 is 4.90 Å². The third-order valence-electron chi connectivity index (χ3n) is 6.90. The monoisotopic (exact) mass is 470 g/mol. The molecule has 5 rings (SSSR count). The maximum Gasteiger partial charge on any atom is 0.327 e. The molecule has 0 saturated carbocycles. The van der Waals surface area contributed by atoms with Gasteiger partial charge in [0.2, 0.25) is 5.78 Å². The van der Waals surface area contributed by atoms with Crippen molar-refractivity contribution in [2.24, 2.45) is 0 Å². The van der Waals surface area contributed by atoms with Gasteiger partial charge in [0.1, 0.15) is 17.8 Å². The van der Waals surface area contributed by atoms with E-state index in [2.05, 4.69) is 44.7 Å². The zero-order valence-electron chi connectivity index (χ0n) is 20.2. The van der Waals surface area contributed by atoms with Gasteiger partial charge in [0.05, 0.1) is 5.52 Å². The molecule has 0 unspecified atom stereocenters. The number of carbonyl (C=O) groups is 1. The summed E-state index contributed by atoms with van der Waals surface area (Å²) in [4.78, 5) is 43.8. The van der Waals surface area contributed by atoms with Gasteiger partial charge in [0, 0.05) is 37.0 Å². The van der Waals surface area contributed by atoms with Gasteiger partial charge in [0.25, 0.3) is 0 Å². The second kappa shape index (κ2) is 9.82. The molecule has 0 radical (unpaired) electrons. The van der Waals surface area contributed by atoms with Crippen LogP contribution in [0.3, 0.4) is 0 Å². The molecule has 0 amide bonds. The number of rotatable bonds is 7. The Morgan fingerprint density at radius 3 is 2.66 bits per heavy atom. The van der Waals surface area contributed by atoms with E-state index in [9.17, 15) is 9.59 Å². The van der Waals surface area contributed by atoms with E-state index in [1.165, 1.54) is 17.5 Å². The number of ketones is 1. The molecular weight excluding hydrogens is 440 g/mol. The van der Waals surface area contributed by atoms with Crippen molar-refractivity contribution in [2.75, 3.05) is 18.0 Å². The van der Waals surface area contributed by atoms with Crippen LogP contribution >= 0.6 is 0 Å². The number of pyridine rings is 1. The molecule has 1 saturated heterocycles. The maximum atomic E-state index is 13.3. The minimum atomic E-state index is -0.122. The van der Waals surface area contributed by atoms with Gasteiger partial charge in [-0.05, 0) is 55.0 Å². The van der Waals surface area contributed by atoms with Crippen molar-refractivity contribution >= 4 is 22.8 Å². The van der Waals surface area contributed by atoms with Gasteiger partial charge in [-0.25, -0.2) is 19.7 Å². The van der Waals surface area contributed by atoms with Gasteiger partial charge in [-0.3, -0.25) is 14.3 Å². The first kappa shape index (κ1) is 23.0. The van der Waals surface area contributed by atoms with Gasteiger partial charge in [0.15, 0.2) is 5.65 Å². The molecule has 1 aliphatic heterocycles. The number of imidazole rings is 1. The van der Waals surface area contributed by atoms with E-state index in [1.54, 1.807) is 12.3 Å². The summed E-state index contributed by atoms with van der Waals surface area (Å²) in [5, 5.41) is 0. The number of nitrogens with zero attached hydrogens (tertiary/aromatic N) is 5. The number of H-pyrrole nitrogens is 1. The smallest absolute Gasteiger partial charge is 0.327 e. The average molecular weight is 471 g/mol. The van der Waals surface area contributed by atoms with Gasteiger partial charge in [-0.2, -0.15) is 0 Å². The lowest BCUT2D eigenvalue weighted by atomic mass is 9.96. The van der Waals surface area contributed by atoms with E-state index in [-0.39, 0.29) is 17.5 Å². The van der Waals surface area contributed by atoms with Crippen LogP contribution in [-0.2, 0) is 12.8 Å². The summed E-state index contributed by atoms with van der Waals surface area (Å²) < 4.78 is 1.82. The summed E-state index contributed by atoms with van der Waals surface area (Å²) in [6.07, 6.45) is 7.71. The van der Waals surface area contributed by atoms with Crippen LogP contribution in [0.4, 0.5) is 5.82 Å². The van der Waals surface area contributed by atoms with E-state index in [1.807, 2.05) is 28.8 Å². The Morgan fingerprint density at radius 1 is 1.06 bits per heavy atom. The highest BCUT2D eigenvalue weighted by Crippen LogP contribution is 2.27. The number of aromatic nitrogens is 5. The van der Waals surface area contributed by atoms with E-state index < -0.39 is 0 Å². The Balaban J connectivity index is 1.33. The fraction of sp³-hybridized carbons (Fsp3) is 0.370. The number of nitrogens with one attached hydrogen (secondary N) is 1. The Labute approximate surface area is 204 Å². The van der Waals surface area contributed by atoms with Crippen LogP contribution in [0.15, 0.2) is 53.7 Å². The van der Waals surface area contributed by atoms with Crippen molar-refractivity contribution in [1.29, 1.82) is 0 Å². The Hall–Kier alpha value is -3.81. The third kappa shape index (κ3) is 4.48. The molecule has 8 nitrogen and oxygen atoms in total. The lowest BCUT2D eigenvalue weighted by Crippen LogP contribution is -2.37. The van der Waals surface area contributed by atoms with Crippen LogP contribution in [0.1, 0.15) is 66.3 Å². The predicted octanol–water partition coefficient (Wildman–Crippen LogP) is 4.10. The molecule has 1 N–H and O–H groups in total. The highest BCUT2D eigenvalue weighted by Gasteiger charge is 2.25. The molecule has 0 aliphatic carbocycles. The van der Waals surface area contributed by atoms with Crippen LogP contribution in [0, 0.1) is 0 Å². The van der Waals surface area contributed by atoms with Crippen molar-refractivity contribution < 1.29 is 4.79 Å². The Kier molecular flexibility index (Phi) is 6.44. The van der Waals surface area contributed by atoms with Gasteiger partial charge in [-0.1, -0.05) is 32.4 Å². The largest absolute Gasteiger partial charge is 0.356 e. The Morgan fingerprint density at radius 2 is 1.89 bits per heavy atom. The number of hydrogen-bond acceptors (Lipinski definition) is 6. The number of hydrogen-bond donors (Lipinski definition) is 1. The molecule has 1 aromatic carbocycles. The lowest BCUT2D eigenvalue weighted by Gasteiger charge is -2.33. The topological polar surface area (TPSA) is 96.8 Å². The first-order valence-corrected chi connectivity index (χ1v) is 12.4. The van der Waals surface area contributed by atoms with Gasteiger partial charge in [-0.15, -0.1) is 0 Å². The highest BCUT2D eigenvalue weighted by molar-refractivity contribution is 6.08. The minimum absolute atomic E-state index is 0.0820. The fourth-order valence-electron chi connectivity index (χ4n) is 5.08. The third-order valence-corrected chi connectivity index (χ3v) is 6.90. The van der Waals surface area contributed by atoms with E-state index in [0.717, 1.165) is 56.5 Å². The van der Waals surface area contributed by atoms with E-state index in [4.69, 9.17) is 0 Å². The molecule has 180 valence electrons. The number of aryl methyl sites for hydroxylation is 2. The number of aromatic amines is 1. The lowest BCUT2D eigenvalue weighted by molar-refractivity contribution is 0.103. The number of carbonyl (C=O) groups excluding carboxylic acids is 1. The zero-order valence-corrected chi connectivity index (χ0v) is 20.2. The molecule has 1 aliphatic rings. The molecule has 4 aromatic rings. The highest BCUT2D eigenvalue weighted by atomic mass is 16.1. The van der Waals surface area contributed by atoms with Crippen molar-refractivity contribution in [1.82, 2.24) is 24.5 Å². The second-order valence-electron chi connectivity index (χ2n) is 9.07. The second-order valence-corrected chi connectivity index (χ2v) is 9.07. The summed E-state index contributed by atoms with van der Waals surface area (Å²) in [5.41, 5.74) is 4.93. The quantitative estimate of drug-likeness (QED) is 0.409. The van der Waals surface area contributed by atoms with Crippen LogP contribution in [0.5, 0.6) is 0 Å². The number of piperidine rings is 1. The SMILES string of the molecule is CCCc1cc(C(=O)c2cc(N3CCC(n4c(=O)[nH]c5ncccc54)CC3)ncn2)ccc1CC. The number of fused-ring (bicyclic) bond motifs is 1. The summed E-state index contributed by atoms with van der Waals surface area (Å²) in [5.74, 6) is 0.662. The van der Waals surface area contributed by atoms with Crippen LogP contribution in [0.2, 0.25) is 0 Å². The molecule has 3 aromatic heterocycles. The zero-order chi connectivity index (χ0) is 24.4. The average Bonchev–Trinajstić information content (AvgIpc) is 3.24. The standard InChI is InChI=1S/C27H30N6O2/c1-3-6-19-15-20(9-8-18(19)4-2)25(34)22-16-24(30-17-29-22)32-13-10-21(11-14-32)33-23-7-5-12-28-26(23)31-27(33)35/h5,7-9,12,15-17,21H,3-4,6,10-11,13-14H2,1-2H3,(H,28,31,35). The molecule has 8 heteroatoms. The first-order valence-electron chi connectivity index (χ1n) is 12.4. The molecule has 4 heterocycles. The summed E-state index contributed by atoms with van der Waals surface area (Å²) >= 11 is 0. The maximum absolute atomic E-state index is 13.3. The molecule has 0 spiro atoms. The van der Waals surface area contributed by atoms with Crippen molar-refractivity contribution in [3.05, 3.63) is 81.8 Å². The molecule has 35 heavy (non-hydrogen) atoms. The minimum Gasteiger partial charge on any atom is -0.356 e. The summed E-state index contributed by atoms with van der Waals surface area (Å²) in [6, 6.07) is 11.6. The van der Waals surface area contributed by atoms with Gasteiger partial charge >= 0.3 is 5.69 Å². The number of anilines is 1. The molecule has 0 atom stereocenters. The van der Waals surface area contributed by atoms with Crippen molar-refractivity contribution in [3.8, 4) is 0 Å². The normalized spacial score (nSPS) is 14.5. The Bertz CT molecular complexity index is 1410. The van der Waals surface area contributed by atoms with Crippen molar-refractivity contribution in [2.45, 2.75) is 52.0 Å². The van der Waals surface area contributed by atoms with E-state index >= 15 is 0 Å². The van der Waals surface area contributed by atoms with Crippen LogP contribution in [0.25, 0.3) is 11.2 Å². The first-order chi connectivity index (χ1) is 17.1. The van der Waals surface area contributed by atoms with Crippen LogP contribution in [-0.4, -0.2) is 43.4 Å². The van der Waals surface area contributed by atoms with Crippen LogP contribution < -0.4 is 10.6 Å². The van der Waals surface area contributed by atoms with Crippen molar-refractivity contribution in [3.63, 3.8) is 0 Å². The fourth-order valence-corrected chi connectivity index (χ4v) is 5.08. The summed E-state index contributed by atoms with van der Waals surface area (Å²) in [6.45, 7) is 5.77. The molecular formula is C27H30N6O2. The summed E-state index contributed by atoms with van der Waals surface area (Å²) in [7, 11) is 0. The molecule has 0 bridgehead atoms. The van der Waals surface area contributed by atoms with E-state index in [0.29, 0.717) is 16.9 Å². The number of benzene rings is 1.